The van der Waals surface area contributed by atoms with Crippen LogP contribution in [0.3, 0.4) is 0 Å². The van der Waals surface area contributed by atoms with Crippen LogP contribution in [-0.2, 0) is 13.5 Å². The summed E-state index contributed by atoms with van der Waals surface area (Å²) in [6, 6.07) is 6.36. The molecular formula is C16H16ClN3O4. The maximum Gasteiger partial charge on any atom is 0.271 e. The molecule has 1 N–H and O–H groups in total. The van der Waals surface area contributed by atoms with E-state index >= 15 is 0 Å². The molecule has 0 fully saturated rings. The summed E-state index contributed by atoms with van der Waals surface area (Å²) in [5.74, 6) is 0.842. The Morgan fingerprint density at radius 2 is 2.12 bits per heavy atom. The van der Waals surface area contributed by atoms with E-state index in [0.717, 1.165) is 10.2 Å². The minimum Gasteiger partial charge on any atom is -0.486 e. The zero-order valence-corrected chi connectivity index (χ0v) is 13.8. The summed E-state index contributed by atoms with van der Waals surface area (Å²) in [4.78, 5) is 23.3. The number of hydrogen-bond donors (Lipinski definition) is 1. The second kappa shape index (κ2) is 6.92. The number of aryl methyl sites for hydroxylation is 1. The third-order valence-corrected chi connectivity index (χ3v) is 3.83. The van der Waals surface area contributed by atoms with E-state index in [1.54, 1.807) is 6.07 Å². The first-order chi connectivity index (χ1) is 11.5. The lowest BCUT2D eigenvalue weighted by atomic mass is 10.1. The summed E-state index contributed by atoms with van der Waals surface area (Å²) in [6.07, 6.45) is 0.577. The van der Waals surface area contributed by atoms with Crippen LogP contribution >= 0.6 is 11.6 Å². The van der Waals surface area contributed by atoms with Crippen molar-refractivity contribution >= 4 is 17.5 Å². The summed E-state index contributed by atoms with van der Waals surface area (Å²) in [5, 5.41) is 7.16. The fourth-order valence-corrected chi connectivity index (χ4v) is 2.63. The Balaban J connectivity index is 1.62. The van der Waals surface area contributed by atoms with Gasteiger partial charge < -0.3 is 14.8 Å². The Morgan fingerprint density at radius 3 is 2.92 bits per heavy atom. The molecule has 0 saturated heterocycles. The first-order valence-electron chi connectivity index (χ1n) is 7.45. The molecule has 8 heteroatoms. The molecule has 1 aromatic heterocycles. The van der Waals surface area contributed by atoms with Crippen molar-refractivity contribution in [1.29, 1.82) is 0 Å². The predicted octanol–water partition coefficient (Wildman–Crippen LogP) is 1.18. The largest absolute Gasteiger partial charge is 0.486 e. The van der Waals surface area contributed by atoms with E-state index in [-0.39, 0.29) is 17.2 Å². The molecule has 0 bridgehead atoms. The highest BCUT2D eigenvalue weighted by Crippen LogP contribution is 2.38. The summed E-state index contributed by atoms with van der Waals surface area (Å²) in [7, 11) is 1.50. The topological polar surface area (TPSA) is 82.5 Å². The van der Waals surface area contributed by atoms with E-state index in [4.69, 9.17) is 21.1 Å². The first kappa shape index (κ1) is 16.3. The number of nitrogens with one attached hydrogen (secondary N) is 1. The highest BCUT2D eigenvalue weighted by atomic mass is 35.5. The van der Waals surface area contributed by atoms with Gasteiger partial charge in [-0.05, 0) is 30.2 Å². The van der Waals surface area contributed by atoms with Crippen LogP contribution in [0.1, 0.15) is 16.1 Å². The average molecular weight is 350 g/mol. The lowest BCUT2D eigenvalue weighted by Crippen LogP contribution is -2.29. The standard InChI is InChI=1S/C16H16ClN3O4/c1-20-14(21)3-2-12(19-20)16(22)18-5-4-10-8-11(17)15-13(9-10)23-6-7-24-15/h2-3,8-9H,4-7H2,1H3,(H,18,22). The zero-order valence-electron chi connectivity index (χ0n) is 13.0. The minimum absolute atomic E-state index is 0.192. The number of ether oxygens (including phenoxy) is 2. The molecule has 0 saturated carbocycles. The lowest BCUT2D eigenvalue weighted by molar-refractivity contribution is 0.0947. The Hall–Kier alpha value is -2.54. The van der Waals surface area contributed by atoms with Crippen molar-refractivity contribution in [3.8, 4) is 11.5 Å². The summed E-state index contributed by atoms with van der Waals surface area (Å²) in [5.41, 5.74) is 0.854. The molecule has 1 aromatic carbocycles. The van der Waals surface area contributed by atoms with Crippen molar-refractivity contribution in [2.45, 2.75) is 6.42 Å². The van der Waals surface area contributed by atoms with Crippen LogP contribution in [0, 0.1) is 0 Å². The van der Waals surface area contributed by atoms with Crippen molar-refractivity contribution in [3.05, 3.63) is 50.9 Å². The van der Waals surface area contributed by atoms with Crippen molar-refractivity contribution in [2.75, 3.05) is 19.8 Å². The van der Waals surface area contributed by atoms with Crippen molar-refractivity contribution in [1.82, 2.24) is 15.1 Å². The molecule has 1 aliphatic rings. The number of hydrogen-bond acceptors (Lipinski definition) is 5. The van der Waals surface area contributed by atoms with Gasteiger partial charge in [0.05, 0.1) is 5.02 Å². The molecule has 0 aliphatic carbocycles. The third kappa shape index (κ3) is 3.51. The van der Waals surface area contributed by atoms with Gasteiger partial charge in [0.15, 0.2) is 11.5 Å². The van der Waals surface area contributed by atoms with Crippen LogP contribution in [0.15, 0.2) is 29.1 Å². The van der Waals surface area contributed by atoms with E-state index in [1.165, 1.54) is 19.2 Å². The number of amides is 1. The molecule has 1 amide bonds. The molecule has 24 heavy (non-hydrogen) atoms. The number of benzene rings is 1. The number of aromatic nitrogens is 2. The third-order valence-electron chi connectivity index (χ3n) is 3.55. The normalized spacial score (nSPS) is 12.8. The van der Waals surface area contributed by atoms with Gasteiger partial charge in [0, 0.05) is 19.7 Å². The molecule has 3 rings (SSSR count). The van der Waals surface area contributed by atoms with Crippen LogP contribution in [0.2, 0.25) is 5.02 Å². The Bertz CT molecular complexity index is 835. The van der Waals surface area contributed by atoms with Crippen LogP contribution in [-0.4, -0.2) is 35.4 Å². The van der Waals surface area contributed by atoms with Gasteiger partial charge in [-0.15, -0.1) is 0 Å². The first-order valence-corrected chi connectivity index (χ1v) is 7.83. The number of rotatable bonds is 4. The van der Waals surface area contributed by atoms with Crippen LogP contribution in [0.25, 0.3) is 0 Å². The van der Waals surface area contributed by atoms with Crippen LogP contribution < -0.4 is 20.3 Å². The van der Waals surface area contributed by atoms with Gasteiger partial charge in [-0.3, -0.25) is 9.59 Å². The summed E-state index contributed by atoms with van der Waals surface area (Å²) >= 11 is 6.18. The highest BCUT2D eigenvalue weighted by Gasteiger charge is 2.16. The average Bonchev–Trinajstić information content (AvgIpc) is 2.57. The Labute approximate surface area is 143 Å². The molecular weight excluding hydrogens is 334 g/mol. The molecule has 0 unspecified atom stereocenters. The molecule has 7 nitrogen and oxygen atoms in total. The SMILES string of the molecule is Cn1nc(C(=O)NCCc2cc(Cl)c3c(c2)OCCO3)ccc1=O. The number of halogens is 1. The van der Waals surface area contributed by atoms with Gasteiger partial charge >= 0.3 is 0 Å². The second-order valence-electron chi connectivity index (χ2n) is 5.29. The minimum atomic E-state index is -0.339. The van der Waals surface area contributed by atoms with Gasteiger partial charge in [0.2, 0.25) is 0 Å². The molecule has 0 radical (unpaired) electrons. The van der Waals surface area contributed by atoms with E-state index in [1.807, 2.05) is 6.07 Å². The van der Waals surface area contributed by atoms with E-state index in [9.17, 15) is 9.59 Å². The van der Waals surface area contributed by atoms with Gasteiger partial charge in [0.25, 0.3) is 11.5 Å². The number of nitrogens with zero attached hydrogens (tertiary/aromatic N) is 2. The van der Waals surface area contributed by atoms with Gasteiger partial charge in [-0.25, -0.2) is 4.68 Å². The van der Waals surface area contributed by atoms with E-state index < -0.39 is 0 Å². The fraction of sp³-hybridized carbons (Fsp3) is 0.312. The van der Waals surface area contributed by atoms with E-state index in [2.05, 4.69) is 10.4 Å². The van der Waals surface area contributed by atoms with Gasteiger partial charge in [0.1, 0.15) is 18.9 Å². The zero-order chi connectivity index (χ0) is 17.1. The smallest absolute Gasteiger partial charge is 0.271 e. The lowest BCUT2D eigenvalue weighted by Gasteiger charge is -2.20. The molecule has 0 atom stereocenters. The Kier molecular flexibility index (Phi) is 4.71. The second-order valence-corrected chi connectivity index (χ2v) is 5.70. The maximum atomic E-state index is 12.0. The number of carbonyl (C=O) groups excluding carboxylic acids is 1. The van der Waals surface area contributed by atoms with Crippen molar-refractivity contribution < 1.29 is 14.3 Å². The molecule has 2 heterocycles. The van der Waals surface area contributed by atoms with Gasteiger partial charge in [-0.1, -0.05) is 11.6 Å². The van der Waals surface area contributed by atoms with Crippen LogP contribution in [0.5, 0.6) is 11.5 Å². The van der Waals surface area contributed by atoms with Crippen molar-refractivity contribution in [2.24, 2.45) is 7.05 Å². The highest BCUT2D eigenvalue weighted by molar-refractivity contribution is 6.32. The molecule has 126 valence electrons. The molecule has 0 spiro atoms. The van der Waals surface area contributed by atoms with E-state index in [0.29, 0.717) is 42.7 Å². The monoisotopic (exact) mass is 349 g/mol. The number of fused-ring (bicyclic) bond motifs is 1. The maximum absolute atomic E-state index is 12.0. The van der Waals surface area contributed by atoms with Crippen molar-refractivity contribution in [3.63, 3.8) is 0 Å². The predicted molar refractivity (Wildman–Crippen MR) is 88.0 cm³/mol. The molecule has 2 aromatic rings. The summed E-state index contributed by atoms with van der Waals surface area (Å²) in [6.45, 7) is 1.37. The quantitative estimate of drug-likeness (QED) is 0.896. The number of carbonyl (C=O) groups is 1. The molecule has 1 aliphatic heterocycles. The Morgan fingerprint density at radius 1 is 1.33 bits per heavy atom. The fourth-order valence-electron chi connectivity index (χ4n) is 2.34. The summed E-state index contributed by atoms with van der Waals surface area (Å²) < 4.78 is 12.1. The van der Waals surface area contributed by atoms with Gasteiger partial charge in [-0.2, -0.15) is 5.10 Å². The van der Waals surface area contributed by atoms with Crippen LogP contribution in [0.4, 0.5) is 0 Å².